The van der Waals surface area contributed by atoms with Gasteiger partial charge in [0.2, 0.25) is 5.91 Å². The molecule has 0 spiro atoms. The van der Waals surface area contributed by atoms with Crippen LogP contribution in [-0.2, 0) is 11.3 Å². The smallest absolute Gasteiger partial charge is 0.261 e. The van der Waals surface area contributed by atoms with Crippen molar-refractivity contribution in [3.63, 3.8) is 0 Å². The highest BCUT2D eigenvalue weighted by Crippen LogP contribution is 2.35. The summed E-state index contributed by atoms with van der Waals surface area (Å²) in [7, 11) is 0. The van der Waals surface area contributed by atoms with Crippen LogP contribution in [0.15, 0.2) is 12.1 Å². The largest absolute Gasteiger partial charge is 0.351 e. The fourth-order valence-electron chi connectivity index (χ4n) is 2.28. The highest BCUT2D eigenvalue weighted by Gasteiger charge is 2.36. The minimum atomic E-state index is -0.0567. The zero-order chi connectivity index (χ0) is 13.9. The Hall–Kier alpha value is -1.36. The van der Waals surface area contributed by atoms with E-state index in [9.17, 15) is 9.59 Å². The first-order valence-electron chi connectivity index (χ1n) is 6.70. The summed E-state index contributed by atoms with van der Waals surface area (Å²) in [6.07, 6.45) is 4.36. The van der Waals surface area contributed by atoms with E-state index in [1.807, 2.05) is 12.1 Å². The van der Waals surface area contributed by atoms with Gasteiger partial charge in [0, 0.05) is 17.3 Å². The molecule has 0 saturated heterocycles. The maximum atomic E-state index is 12.2. The molecule has 1 aliphatic rings. The minimum Gasteiger partial charge on any atom is -0.351 e. The minimum absolute atomic E-state index is 0.0145. The molecular formula is C14H20N2O2S. The molecule has 0 aliphatic heterocycles. The second-order valence-electron chi connectivity index (χ2n) is 5.12. The van der Waals surface area contributed by atoms with Gasteiger partial charge in [-0.3, -0.25) is 9.59 Å². The average molecular weight is 280 g/mol. The van der Waals surface area contributed by atoms with Crippen LogP contribution in [-0.4, -0.2) is 17.4 Å². The van der Waals surface area contributed by atoms with E-state index in [-0.39, 0.29) is 17.4 Å². The van der Waals surface area contributed by atoms with E-state index in [0.717, 1.165) is 29.0 Å². The number of thiophene rings is 1. The lowest BCUT2D eigenvalue weighted by Crippen LogP contribution is -2.52. The first-order valence-corrected chi connectivity index (χ1v) is 7.52. The second kappa shape index (κ2) is 5.74. The van der Waals surface area contributed by atoms with Gasteiger partial charge >= 0.3 is 0 Å². The van der Waals surface area contributed by atoms with Gasteiger partial charge in [0.25, 0.3) is 5.91 Å². The van der Waals surface area contributed by atoms with Crippen molar-refractivity contribution in [1.82, 2.24) is 10.6 Å². The molecule has 2 rings (SSSR count). The number of rotatable bonds is 5. The Kier molecular flexibility index (Phi) is 4.24. The molecule has 1 saturated carbocycles. The maximum absolute atomic E-state index is 12.2. The quantitative estimate of drug-likeness (QED) is 0.870. The number of carbonyl (C=O) groups is 2. The fourth-order valence-corrected chi connectivity index (χ4v) is 3.12. The molecule has 2 N–H and O–H groups in total. The van der Waals surface area contributed by atoms with Gasteiger partial charge in [0.1, 0.15) is 0 Å². The fraction of sp³-hybridized carbons (Fsp3) is 0.571. The van der Waals surface area contributed by atoms with Gasteiger partial charge < -0.3 is 10.6 Å². The van der Waals surface area contributed by atoms with E-state index in [0.29, 0.717) is 6.54 Å². The summed E-state index contributed by atoms with van der Waals surface area (Å²) in [4.78, 5) is 24.7. The molecule has 19 heavy (non-hydrogen) atoms. The Balaban J connectivity index is 1.94. The van der Waals surface area contributed by atoms with Crippen LogP contribution in [0.25, 0.3) is 0 Å². The van der Waals surface area contributed by atoms with Crippen LogP contribution in [0.5, 0.6) is 0 Å². The van der Waals surface area contributed by atoms with Crippen LogP contribution in [0.3, 0.4) is 0 Å². The monoisotopic (exact) mass is 280 g/mol. The number of hydrogen-bond acceptors (Lipinski definition) is 3. The zero-order valence-corrected chi connectivity index (χ0v) is 12.2. The molecule has 0 bridgehead atoms. The van der Waals surface area contributed by atoms with E-state index in [4.69, 9.17) is 0 Å². The Morgan fingerprint density at radius 3 is 2.63 bits per heavy atom. The van der Waals surface area contributed by atoms with Crippen molar-refractivity contribution in [2.45, 2.75) is 51.6 Å². The maximum Gasteiger partial charge on any atom is 0.261 e. The first kappa shape index (κ1) is 14.1. The average Bonchev–Trinajstić information content (AvgIpc) is 2.80. The normalized spacial score (nSPS) is 16.5. The Morgan fingerprint density at radius 1 is 1.37 bits per heavy atom. The molecular weight excluding hydrogens is 260 g/mol. The van der Waals surface area contributed by atoms with Gasteiger partial charge in [-0.25, -0.2) is 0 Å². The summed E-state index contributed by atoms with van der Waals surface area (Å²) in [6.45, 7) is 4.10. The third-order valence-corrected chi connectivity index (χ3v) is 4.85. The van der Waals surface area contributed by atoms with Crippen molar-refractivity contribution in [2.24, 2.45) is 0 Å². The molecule has 1 aromatic heterocycles. The summed E-state index contributed by atoms with van der Waals surface area (Å²) < 4.78 is 0. The van der Waals surface area contributed by atoms with Crippen molar-refractivity contribution >= 4 is 23.2 Å². The predicted octanol–water partition coefficient (Wildman–Crippen LogP) is 2.45. The number of nitrogens with one attached hydrogen (secondary N) is 2. The lowest BCUT2D eigenvalue weighted by Gasteiger charge is -2.41. The van der Waals surface area contributed by atoms with Crippen molar-refractivity contribution in [3.05, 3.63) is 21.9 Å². The first-order chi connectivity index (χ1) is 9.04. The third-order valence-electron chi connectivity index (χ3n) is 3.76. The molecule has 0 aromatic carbocycles. The lowest BCUT2D eigenvalue weighted by molar-refractivity contribution is -0.119. The molecule has 104 valence electrons. The van der Waals surface area contributed by atoms with Crippen LogP contribution in [0.4, 0.5) is 0 Å². The van der Waals surface area contributed by atoms with E-state index < -0.39 is 0 Å². The predicted molar refractivity (Wildman–Crippen MR) is 76.2 cm³/mol. The highest BCUT2D eigenvalue weighted by atomic mass is 32.1. The molecule has 1 heterocycles. The van der Waals surface area contributed by atoms with Gasteiger partial charge in [0.15, 0.2) is 0 Å². The molecule has 0 unspecified atom stereocenters. The van der Waals surface area contributed by atoms with Crippen LogP contribution < -0.4 is 10.6 Å². The summed E-state index contributed by atoms with van der Waals surface area (Å²) in [5, 5.41) is 5.89. The molecule has 1 aliphatic carbocycles. The zero-order valence-electron chi connectivity index (χ0n) is 11.4. The van der Waals surface area contributed by atoms with E-state index in [2.05, 4.69) is 17.6 Å². The van der Waals surface area contributed by atoms with Crippen molar-refractivity contribution < 1.29 is 9.59 Å². The van der Waals surface area contributed by atoms with Gasteiger partial charge in [0.05, 0.1) is 11.4 Å². The Morgan fingerprint density at radius 2 is 2.11 bits per heavy atom. The summed E-state index contributed by atoms with van der Waals surface area (Å²) >= 11 is 1.44. The molecule has 1 fully saturated rings. The van der Waals surface area contributed by atoms with Gasteiger partial charge in [-0.05, 0) is 37.8 Å². The van der Waals surface area contributed by atoms with Crippen molar-refractivity contribution in [1.29, 1.82) is 0 Å². The molecule has 2 amide bonds. The Labute approximate surface area is 117 Å². The summed E-state index contributed by atoms with van der Waals surface area (Å²) in [5.74, 6) is -0.0422. The number of amides is 2. The Bertz CT molecular complexity index is 472. The second-order valence-corrected chi connectivity index (χ2v) is 6.29. The summed E-state index contributed by atoms with van der Waals surface area (Å²) in [5.41, 5.74) is 0.0267. The standard InChI is InChI=1S/C14H20N2O2S/c1-3-14(7-4-8-14)16-13(18)12-6-5-11(19-12)9-15-10(2)17/h5-6H,3-4,7-9H2,1-2H3,(H,15,17)(H,16,18). The van der Waals surface area contributed by atoms with E-state index in [1.165, 1.54) is 24.7 Å². The van der Waals surface area contributed by atoms with Gasteiger partial charge in [-0.2, -0.15) is 0 Å². The van der Waals surface area contributed by atoms with Crippen LogP contribution >= 0.6 is 11.3 Å². The van der Waals surface area contributed by atoms with Gasteiger partial charge in [-0.1, -0.05) is 6.92 Å². The SMILES string of the molecule is CCC1(NC(=O)c2ccc(CNC(C)=O)s2)CCC1. The van der Waals surface area contributed by atoms with Crippen LogP contribution in [0, 0.1) is 0 Å². The molecule has 4 nitrogen and oxygen atoms in total. The number of carbonyl (C=O) groups excluding carboxylic acids is 2. The van der Waals surface area contributed by atoms with Crippen molar-refractivity contribution in [3.8, 4) is 0 Å². The molecule has 0 radical (unpaired) electrons. The highest BCUT2D eigenvalue weighted by molar-refractivity contribution is 7.14. The van der Waals surface area contributed by atoms with Crippen LogP contribution in [0.2, 0.25) is 0 Å². The molecule has 0 atom stereocenters. The number of hydrogen-bond donors (Lipinski definition) is 2. The van der Waals surface area contributed by atoms with Crippen LogP contribution in [0.1, 0.15) is 54.1 Å². The van der Waals surface area contributed by atoms with E-state index >= 15 is 0 Å². The van der Waals surface area contributed by atoms with Crippen molar-refractivity contribution in [2.75, 3.05) is 0 Å². The summed E-state index contributed by atoms with van der Waals surface area (Å²) in [6, 6.07) is 3.73. The van der Waals surface area contributed by atoms with Gasteiger partial charge in [-0.15, -0.1) is 11.3 Å². The molecule has 5 heteroatoms. The molecule has 1 aromatic rings. The van der Waals surface area contributed by atoms with E-state index in [1.54, 1.807) is 0 Å². The topological polar surface area (TPSA) is 58.2 Å². The third kappa shape index (κ3) is 3.35. The lowest BCUT2D eigenvalue weighted by atomic mass is 9.75.